The summed E-state index contributed by atoms with van der Waals surface area (Å²) in [5, 5.41) is 14.1. The number of hydrogen-bond acceptors (Lipinski definition) is 6. The highest BCUT2D eigenvalue weighted by Crippen LogP contribution is 2.42. The van der Waals surface area contributed by atoms with E-state index in [1.54, 1.807) is 12.1 Å². The van der Waals surface area contributed by atoms with Crippen LogP contribution < -0.4 is 14.8 Å². The minimum atomic E-state index is -3.66. The minimum Gasteiger partial charge on any atom is -0.493 e. The number of aliphatic hydroxyl groups is 1. The van der Waals surface area contributed by atoms with Gasteiger partial charge in [-0.1, -0.05) is 44.2 Å². The van der Waals surface area contributed by atoms with Crippen molar-refractivity contribution in [3.8, 4) is 11.5 Å². The Labute approximate surface area is 179 Å². The Morgan fingerprint density at radius 1 is 1.13 bits per heavy atom. The van der Waals surface area contributed by atoms with Gasteiger partial charge in [-0.25, -0.2) is 8.42 Å². The molecule has 1 heterocycles. The van der Waals surface area contributed by atoms with E-state index in [0.717, 1.165) is 5.56 Å². The van der Waals surface area contributed by atoms with Gasteiger partial charge in [-0.15, -0.1) is 0 Å². The van der Waals surface area contributed by atoms with Gasteiger partial charge in [0.2, 0.25) is 0 Å². The fourth-order valence-electron chi connectivity index (χ4n) is 4.21. The molecule has 0 aliphatic carbocycles. The van der Waals surface area contributed by atoms with Crippen molar-refractivity contribution in [1.29, 1.82) is 0 Å². The van der Waals surface area contributed by atoms with Crippen molar-refractivity contribution in [2.24, 2.45) is 0 Å². The SMILES string of the molecule is CC[C@@H](O)C[C@@]1(CC)CS(=O)(=O)c2cc(OC)c(OC)cc2[C@H](c2ccccc2)N1. The second-order valence-electron chi connectivity index (χ2n) is 7.89. The van der Waals surface area contributed by atoms with Gasteiger partial charge in [-0.05, 0) is 36.5 Å². The third-order valence-electron chi connectivity index (χ3n) is 5.99. The number of aliphatic hydroxyl groups excluding tert-OH is 1. The largest absolute Gasteiger partial charge is 0.493 e. The normalized spacial score (nSPS) is 23.8. The zero-order valence-electron chi connectivity index (χ0n) is 18.0. The zero-order valence-corrected chi connectivity index (χ0v) is 18.8. The first-order valence-electron chi connectivity index (χ1n) is 10.3. The van der Waals surface area contributed by atoms with E-state index in [0.29, 0.717) is 36.3 Å². The average Bonchev–Trinajstić information content (AvgIpc) is 2.85. The smallest absolute Gasteiger partial charge is 0.180 e. The molecule has 0 spiro atoms. The number of nitrogens with one attached hydrogen (secondary N) is 1. The summed E-state index contributed by atoms with van der Waals surface area (Å²) in [6, 6.07) is 12.7. The van der Waals surface area contributed by atoms with E-state index >= 15 is 0 Å². The van der Waals surface area contributed by atoms with Crippen molar-refractivity contribution in [2.75, 3.05) is 20.0 Å². The van der Waals surface area contributed by atoms with Crippen LogP contribution in [0.5, 0.6) is 11.5 Å². The molecule has 7 heteroatoms. The molecule has 0 bridgehead atoms. The lowest BCUT2D eigenvalue weighted by molar-refractivity contribution is 0.115. The molecule has 2 aromatic rings. The van der Waals surface area contributed by atoms with Gasteiger partial charge in [-0.2, -0.15) is 0 Å². The molecule has 0 radical (unpaired) electrons. The van der Waals surface area contributed by atoms with Crippen LogP contribution in [-0.4, -0.2) is 45.1 Å². The maximum atomic E-state index is 13.6. The van der Waals surface area contributed by atoms with Gasteiger partial charge >= 0.3 is 0 Å². The molecule has 6 nitrogen and oxygen atoms in total. The molecule has 0 unspecified atom stereocenters. The third kappa shape index (κ3) is 4.33. The molecule has 2 aromatic carbocycles. The summed E-state index contributed by atoms with van der Waals surface area (Å²) in [5.41, 5.74) is 0.806. The number of fused-ring (bicyclic) bond motifs is 1. The van der Waals surface area contributed by atoms with E-state index in [4.69, 9.17) is 9.47 Å². The van der Waals surface area contributed by atoms with E-state index in [1.807, 2.05) is 44.2 Å². The average molecular weight is 434 g/mol. The van der Waals surface area contributed by atoms with E-state index in [-0.39, 0.29) is 16.7 Å². The Bertz CT molecular complexity index is 977. The lowest BCUT2D eigenvalue weighted by Gasteiger charge is -2.37. The molecule has 0 aromatic heterocycles. The minimum absolute atomic E-state index is 0.0978. The topological polar surface area (TPSA) is 84.9 Å². The highest BCUT2D eigenvalue weighted by Gasteiger charge is 2.43. The highest BCUT2D eigenvalue weighted by molar-refractivity contribution is 7.91. The van der Waals surface area contributed by atoms with Crippen molar-refractivity contribution < 1.29 is 23.0 Å². The summed E-state index contributed by atoms with van der Waals surface area (Å²) in [7, 11) is -0.629. The molecule has 3 atom stereocenters. The number of rotatable bonds is 7. The molecule has 0 saturated heterocycles. The molecule has 0 amide bonds. The fourth-order valence-corrected chi connectivity index (χ4v) is 6.32. The quantitative estimate of drug-likeness (QED) is 0.695. The first-order chi connectivity index (χ1) is 14.3. The van der Waals surface area contributed by atoms with Crippen LogP contribution in [0.2, 0.25) is 0 Å². The number of hydrogen-bond donors (Lipinski definition) is 2. The predicted octanol–water partition coefficient (Wildman–Crippen LogP) is 3.48. The zero-order chi connectivity index (χ0) is 21.9. The molecule has 2 N–H and O–H groups in total. The second kappa shape index (κ2) is 8.96. The Balaban J connectivity index is 2.27. The standard InChI is InChI=1S/C23H31NO5S/c1-5-17(25)14-23(6-2)15-30(26,27)21-13-20(29-4)19(28-3)12-18(21)22(24-23)16-10-8-7-9-11-16/h7-13,17,22,24-25H,5-6,14-15H2,1-4H3/t17-,22+,23+/m1/s1. The number of benzene rings is 2. The second-order valence-corrected chi connectivity index (χ2v) is 9.85. The van der Waals surface area contributed by atoms with Crippen LogP contribution in [0.3, 0.4) is 0 Å². The van der Waals surface area contributed by atoms with Crippen LogP contribution in [0.15, 0.2) is 47.4 Å². The van der Waals surface area contributed by atoms with Crippen molar-refractivity contribution >= 4 is 9.84 Å². The van der Waals surface area contributed by atoms with E-state index < -0.39 is 21.5 Å². The van der Waals surface area contributed by atoms with Gasteiger partial charge in [0.1, 0.15) is 0 Å². The van der Waals surface area contributed by atoms with Crippen LogP contribution in [-0.2, 0) is 9.84 Å². The molecule has 1 aliphatic heterocycles. The molecule has 0 saturated carbocycles. The maximum absolute atomic E-state index is 13.6. The van der Waals surface area contributed by atoms with Gasteiger partial charge < -0.3 is 14.6 Å². The molecular weight excluding hydrogens is 402 g/mol. The van der Waals surface area contributed by atoms with Gasteiger partial charge in [0.15, 0.2) is 21.3 Å². The summed E-state index contributed by atoms with van der Waals surface area (Å²) in [4.78, 5) is 0.239. The Morgan fingerprint density at radius 3 is 2.33 bits per heavy atom. The van der Waals surface area contributed by atoms with Crippen molar-refractivity contribution in [3.63, 3.8) is 0 Å². The van der Waals surface area contributed by atoms with Gasteiger partial charge in [0.05, 0.1) is 37.0 Å². The molecule has 0 fully saturated rings. The number of methoxy groups -OCH3 is 2. The Kier molecular flexibility index (Phi) is 6.75. The summed E-state index contributed by atoms with van der Waals surface area (Å²) in [5.74, 6) is 0.760. The summed E-state index contributed by atoms with van der Waals surface area (Å²) in [6.45, 7) is 3.86. The van der Waals surface area contributed by atoms with Crippen LogP contribution in [0, 0.1) is 0 Å². The maximum Gasteiger partial charge on any atom is 0.180 e. The summed E-state index contributed by atoms with van der Waals surface area (Å²) >= 11 is 0. The molecular formula is C23H31NO5S. The third-order valence-corrected chi connectivity index (χ3v) is 7.94. The molecule has 3 rings (SSSR count). The first kappa shape index (κ1) is 22.6. The van der Waals surface area contributed by atoms with Crippen LogP contribution in [0.1, 0.15) is 50.3 Å². The molecule has 30 heavy (non-hydrogen) atoms. The van der Waals surface area contributed by atoms with Crippen molar-refractivity contribution in [2.45, 2.75) is 55.7 Å². The predicted molar refractivity (Wildman–Crippen MR) is 117 cm³/mol. The lowest BCUT2D eigenvalue weighted by atomic mass is 9.87. The lowest BCUT2D eigenvalue weighted by Crippen LogP contribution is -2.52. The summed E-state index contributed by atoms with van der Waals surface area (Å²) < 4.78 is 38.0. The van der Waals surface area contributed by atoms with Crippen molar-refractivity contribution in [3.05, 3.63) is 53.6 Å². The summed E-state index contributed by atoms with van der Waals surface area (Å²) in [6.07, 6.45) is 0.891. The fraction of sp³-hybridized carbons (Fsp3) is 0.478. The highest BCUT2D eigenvalue weighted by atomic mass is 32.2. The van der Waals surface area contributed by atoms with E-state index in [2.05, 4.69) is 5.32 Å². The number of sulfone groups is 1. The van der Waals surface area contributed by atoms with Crippen LogP contribution in [0.25, 0.3) is 0 Å². The van der Waals surface area contributed by atoms with Crippen LogP contribution in [0.4, 0.5) is 0 Å². The number of ether oxygens (including phenoxy) is 2. The van der Waals surface area contributed by atoms with Crippen LogP contribution >= 0.6 is 0 Å². The Hall–Kier alpha value is -2.09. The van der Waals surface area contributed by atoms with Gasteiger partial charge in [0, 0.05) is 11.6 Å². The Morgan fingerprint density at radius 2 is 1.77 bits per heavy atom. The first-order valence-corrected chi connectivity index (χ1v) is 11.9. The monoisotopic (exact) mass is 433 g/mol. The molecule has 1 aliphatic rings. The molecule has 164 valence electrons. The van der Waals surface area contributed by atoms with E-state index in [1.165, 1.54) is 14.2 Å². The van der Waals surface area contributed by atoms with Gasteiger partial charge in [0.25, 0.3) is 0 Å². The van der Waals surface area contributed by atoms with Crippen molar-refractivity contribution in [1.82, 2.24) is 5.32 Å². The van der Waals surface area contributed by atoms with E-state index in [9.17, 15) is 13.5 Å². The van der Waals surface area contributed by atoms with Gasteiger partial charge in [-0.3, -0.25) is 5.32 Å².